The molecule has 0 saturated heterocycles. The molecule has 108 valence electrons. The SMILES string of the molecule is Cc1ccc(C)c2c1C(=O)N(CCCCCCO)C2=O. The molecule has 1 aromatic carbocycles. The molecule has 0 atom stereocenters. The summed E-state index contributed by atoms with van der Waals surface area (Å²) in [6.07, 6.45) is 3.42. The van der Waals surface area contributed by atoms with Crippen molar-refractivity contribution in [3.05, 3.63) is 34.4 Å². The predicted octanol–water partition coefficient (Wildman–Crippen LogP) is 2.45. The number of benzene rings is 1. The fourth-order valence-corrected chi connectivity index (χ4v) is 2.66. The summed E-state index contributed by atoms with van der Waals surface area (Å²) in [6, 6.07) is 3.79. The second kappa shape index (κ2) is 6.18. The van der Waals surface area contributed by atoms with E-state index in [9.17, 15) is 9.59 Å². The van der Waals surface area contributed by atoms with Gasteiger partial charge in [0.1, 0.15) is 0 Å². The first-order valence-electron chi connectivity index (χ1n) is 7.15. The van der Waals surface area contributed by atoms with Gasteiger partial charge in [-0.3, -0.25) is 14.5 Å². The third-order valence-electron chi connectivity index (χ3n) is 3.83. The first-order chi connectivity index (χ1) is 9.57. The second-order valence-electron chi connectivity index (χ2n) is 5.35. The molecule has 2 amide bonds. The number of imide groups is 1. The Bertz CT molecular complexity index is 496. The normalized spacial score (nSPS) is 14.1. The molecule has 1 heterocycles. The maximum Gasteiger partial charge on any atom is 0.261 e. The Kier molecular flexibility index (Phi) is 4.55. The molecule has 4 heteroatoms. The van der Waals surface area contributed by atoms with Crippen molar-refractivity contribution >= 4 is 11.8 Å². The van der Waals surface area contributed by atoms with Gasteiger partial charge < -0.3 is 5.11 Å². The second-order valence-corrected chi connectivity index (χ2v) is 5.35. The summed E-state index contributed by atoms with van der Waals surface area (Å²) in [4.78, 5) is 26.1. The minimum Gasteiger partial charge on any atom is -0.396 e. The fourth-order valence-electron chi connectivity index (χ4n) is 2.66. The number of rotatable bonds is 6. The smallest absolute Gasteiger partial charge is 0.261 e. The van der Waals surface area contributed by atoms with Gasteiger partial charge in [-0.05, 0) is 37.8 Å². The lowest BCUT2D eigenvalue weighted by Crippen LogP contribution is -2.30. The van der Waals surface area contributed by atoms with E-state index in [0.29, 0.717) is 17.7 Å². The predicted molar refractivity (Wildman–Crippen MR) is 76.8 cm³/mol. The van der Waals surface area contributed by atoms with Crippen LogP contribution in [0.3, 0.4) is 0 Å². The Labute approximate surface area is 119 Å². The van der Waals surface area contributed by atoms with E-state index in [4.69, 9.17) is 5.11 Å². The number of hydrogen-bond acceptors (Lipinski definition) is 3. The zero-order valence-electron chi connectivity index (χ0n) is 12.1. The van der Waals surface area contributed by atoms with Crippen molar-refractivity contribution in [3.63, 3.8) is 0 Å². The summed E-state index contributed by atoms with van der Waals surface area (Å²) in [5, 5.41) is 8.72. The minimum atomic E-state index is -0.159. The van der Waals surface area contributed by atoms with Gasteiger partial charge in [-0.2, -0.15) is 0 Å². The van der Waals surface area contributed by atoms with E-state index in [2.05, 4.69) is 0 Å². The molecule has 20 heavy (non-hydrogen) atoms. The van der Waals surface area contributed by atoms with Crippen LogP contribution in [0.1, 0.15) is 57.5 Å². The monoisotopic (exact) mass is 275 g/mol. The van der Waals surface area contributed by atoms with Crippen LogP contribution in [0.15, 0.2) is 12.1 Å². The molecule has 1 N–H and O–H groups in total. The maximum atomic E-state index is 12.4. The van der Waals surface area contributed by atoms with Crippen LogP contribution in [0.4, 0.5) is 0 Å². The molecule has 1 aromatic rings. The highest BCUT2D eigenvalue weighted by atomic mass is 16.3. The van der Waals surface area contributed by atoms with Gasteiger partial charge in [0, 0.05) is 13.2 Å². The summed E-state index contributed by atoms with van der Waals surface area (Å²) in [7, 11) is 0. The Balaban J connectivity index is 2.08. The Morgan fingerprint density at radius 3 is 1.90 bits per heavy atom. The van der Waals surface area contributed by atoms with Crippen LogP contribution in [0.2, 0.25) is 0 Å². The van der Waals surface area contributed by atoms with Crippen LogP contribution in [0, 0.1) is 13.8 Å². The van der Waals surface area contributed by atoms with Crippen molar-refractivity contribution in [2.75, 3.05) is 13.2 Å². The van der Waals surface area contributed by atoms with Crippen molar-refractivity contribution < 1.29 is 14.7 Å². The Morgan fingerprint density at radius 1 is 0.900 bits per heavy atom. The van der Waals surface area contributed by atoms with Crippen molar-refractivity contribution in [1.29, 1.82) is 0 Å². The zero-order valence-corrected chi connectivity index (χ0v) is 12.1. The minimum absolute atomic E-state index is 0.159. The van der Waals surface area contributed by atoms with Crippen molar-refractivity contribution in [2.24, 2.45) is 0 Å². The molecular formula is C16H21NO3. The van der Waals surface area contributed by atoms with Gasteiger partial charge in [0.2, 0.25) is 0 Å². The molecule has 0 fully saturated rings. The summed E-state index contributed by atoms with van der Waals surface area (Å²) in [5.41, 5.74) is 2.88. The van der Waals surface area contributed by atoms with Crippen molar-refractivity contribution in [1.82, 2.24) is 4.90 Å². The number of unbranched alkanes of at least 4 members (excludes halogenated alkanes) is 3. The summed E-state index contributed by atoms with van der Waals surface area (Å²) in [6.45, 7) is 4.41. The van der Waals surface area contributed by atoms with E-state index in [0.717, 1.165) is 36.8 Å². The van der Waals surface area contributed by atoms with E-state index < -0.39 is 0 Å². The maximum absolute atomic E-state index is 12.4. The standard InChI is InChI=1S/C16H21NO3/c1-11-7-8-12(2)14-13(11)15(19)17(16(14)20)9-5-3-4-6-10-18/h7-8,18H,3-6,9-10H2,1-2H3. The van der Waals surface area contributed by atoms with Crippen LogP contribution in [-0.2, 0) is 0 Å². The number of aryl methyl sites for hydroxylation is 2. The molecule has 0 spiro atoms. The third kappa shape index (κ3) is 2.61. The average Bonchev–Trinajstić information content (AvgIpc) is 2.68. The lowest BCUT2D eigenvalue weighted by molar-refractivity contribution is 0.0651. The summed E-state index contributed by atoms with van der Waals surface area (Å²) < 4.78 is 0. The number of aliphatic hydroxyl groups excluding tert-OH is 1. The first-order valence-corrected chi connectivity index (χ1v) is 7.15. The zero-order chi connectivity index (χ0) is 14.7. The van der Waals surface area contributed by atoms with Gasteiger partial charge in [-0.1, -0.05) is 25.0 Å². The largest absolute Gasteiger partial charge is 0.396 e. The van der Waals surface area contributed by atoms with Gasteiger partial charge >= 0.3 is 0 Å². The highest BCUT2D eigenvalue weighted by molar-refractivity contribution is 6.22. The molecule has 0 unspecified atom stereocenters. The number of nitrogens with zero attached hydrogens (tertiary/aromatic N) is 1. The van der Waals surface area contributed by atoms with Gasteiger partial charge in [0.25, 0.3) is 11.8 Å². The quantitative estimate of drug-likeness (QED) is 0.641. The van der Waals surface area contributed by atoms with Gasteiger partial charge in [0.05, 0.1) is 11.1 Å². The molecule has 0 aromatic heterocycles. The Morgan fingerprint density at radius 2 is 1.40 bits per heavy atom. The van der Waals surface area contributed by atoms with Crippen LogP contribution in [0.5, 0.6) is 0 Å². The molecule has 2 rings (SSSR count). The van der Waals surface area contributed by atoms with E-state index in [1.165, 1.54) is 4.90 Å². The van der Waals surface area contributed by atoms with Crippen LogP contribution in [-0.4, -0.2) is 35.0 Å². The lowest BCUT2D eigenvalue weighted by atomic mass is 9.99. The first kappa shape index (κ1) is 14.7. The number of fused-ring (bicyclic) bond motifs is 1. The van der Waals surface area contributed by atoms with Crippen LogP contribution < -0.4 is 0 Å². The molecule has 4 nitrogen and oxygen atoms in total. The van der Waals surface area contributed by atoms with E-state index in [-0.39, 0.29) is 18.4 Å². The fraction of sp³-hybridized carbons (Fsp3) is 0.500. The highest BCUT2D eigenvalue weighted by Gasteiger charge is 2.37. The van der Waals surface area contributed by atoms with Gasteiger partial charge in [0.15, 0.2) is 0 Å². The van der Waals surface area contributed by atoms with Gasteiger partial charge in [-0.15, -0.1) is 0 Å². The summed E-state index contributed by atoms with van der Waals surface area (Å²) >= 11 is 0. The van der Waals surface area contributed by atoms with E-state index >= 15 is 0 Å². The molecular weight excluding hydrogens is 254 g/mol. The topological polar surface area (TPSA) is 57.6 Å². The number of hydrogen-bond donors (Lipinski definition) is 1. The van der Waals surface area contributed by atoms with Crippen molar-refractivity contribution in [2.45, 2.75) is 39.5 Å². The number of aliphatic hydroxyl groups is 1. The van der Waals surface area contributed by atoms with E-state index in [1.54, 1.807) is 0 Å². The van der Waals surface area contributed by atoms with Gasteiger partial charge in [-0.25, -0.2) is 0 Å². The molecule has 0 bridgehead atoms. The number of carbonyl (C=O) groups is 2. The number of amides is 2. The molecule has 0 radical (unpaired) electrons. The third-order valence-corrected chi connectivity index (χ3v) is 3.83. The van der Waals surface area contributed by atoms with Crippen LogP contribution >= 0.6 is 0 Å². The van der Waals surface area contributed by atoms with Crippen LogP contribution in [0.25, 0.3) is 0 Å². The average molecular weight is 275 g/mol. The molecule has 0 saturated carbocycles. The highest BCUT2D eigenvalue weighted by Crippen LogP contribution is 2.28. The van der Waals surface area contributed by atoms with E-state index in [1.807, 2.05) is 26.0 Å². The molecule has 0 aliphatic carbocycles. The summed E-state index contributed by atoms with van der Waals surface area (Å²) in [5.74, 6) is -0.318. The van der Waals surface area contributed by atoms with Crippen molar-refractivity contribution in [3.8, 4) is 0 Å². The number of carbonyl (C=O) groups excluding carboxylic acids is 2. The Hall–Kier alpha value is -1.68. The molecule has 1 aliphatic rings. The lowest BCUT2D eigenvalue weighted by Gasteiger charge is -2.13. The molecule has 1 aliphatic heterocycles.